The quantitative estimate of drug-likeness (QED) is 0.696. The first-order valence-electron chi connectivity index (χ1n) is 9.63. The third-order valence-corrected chi connectivity index (χ3v) is 5.88. The van der Waals surface area contributed by atoms with Crippen LogP contribution in [0.1, 0.15) is 37.1 Å². The van der Waals surface area contributed by atoms with E-state index in [-0.39, 0.29) is 18.1 Å². The SMILES string of the molecule is Cc1cc(C)nc(NC2=N[C@@H]3CCCC[C@@H]3N2C(=O)Nc2ccc(Cl)c(Cl)c2)n1. The highest BCUT2D eigenvalue weighted by molar-refractivity contribution is 6.42. The lowest BCUT2D eigenvalue weighted by Crippen LogP contribution is -2.49. The Morgan fingerprint density at radius 2 is 1.79 bits per heavy atom. The van der Waals surface area contributed by atoms with E-state index in [0.717, 1.165) is 37.1 Å². The molecule has 0 bridgehead atoms. The van der Waals surface area contributed by atoms with Gasteiger partial charge in [0.15, 0.2) is 0 Å². The summed E-state index contributed by atoms with van der Waals surface area (Å²) < 4.78 is 0. The molecule has 2 heterocycles. The summed E-state index contributed by atoms with van der Waals surface area (Å²) in [5.74, 6) is 0.914. The monoisotopic (exact) mass is 432 g/mol. The van der Waals surface area contributed by atoms with Crippen molar-refractivity contribution < 1.29 is 4.79 Å². The Morgan fingerprint density at radius 1 is 1.07 bits per heavy atom. The second-order valence-corrected chi connectivity index (χ2v) is 8.21. The summed E-state index contributed by atoms with van der Waals surface area (Å²) in [5.41, 5.74) is 2.27. The van der Waals surface area contributed by atoms with Crippen molar-refractivity contribution >= 4 is 46.8 Å². The number of nitrogens with zero attached hydrogens (tertiary/aromatic N) is 4. The van der Waals surface area contributed by atoms with Gasteiger partial charge in [-0.25, -0.2) is 19.8 Å². The molecule has 1 fully saturated rings. The van der Waals surface area contributed by atoms with E-state index in [9.17, 15) is 4.79 Å². The Bertz CT molecular complexity index is 959. The van der Waals surface area contributed by atoms with E-state index in [4.69, 9.17) is 28.2 Å². The van der Waals surface area contributed by atoms with E-state index >= 15 is 0 Å². The van der Waals surface area contributed by atoms with E-state index in [0.29, 0.717) is 27.6 Å². The number of aliphatic imine (C=N–C) groups is 1. The molecular weight excluding hydrogens is 411 g/mol. The second kappa shape index (κ2) is 8.16. The largest absolute Gasteiger partial charge is 0.328 e. The molecule has 2 aromatic rings. The van der Waals surface area contributed by atoms with Gasteiger partial charge in [0, 0.05) is 17.1 Å². The molecule has 1 aromatic carbocycles. The van der Waals surface area contributed by atoms with Crippen molar-refractivity contribution in [2.45, 2.75) is 51.6 Å². The lowest BCUT2D eigenvalue weighted by atomic mass is 9.91. The number of carbonyl (C=O) groups is 1. The number of aromatic nitrogens is 2. The molecule has 4 rings (SSSR count). The molecule has 2 aliphatic rings. The van der Waals surface area contributed by atoms with Crippen LogP contribution in [-0.2, 0) is 0 Å². The van der Waals surface area contributed by atoms with Gasteiger partial charge in [0.25, 0.3) is 0 Å². The van der Waals surface area contributed by atoms with Gasteiger partial charge >= 0.3 is 6.03 Å². The molecular formula is C20H22Cl2N6O. The number of fused-ring (bicyclic) bond motifs is 1. The molecule has 0 radical (unpaired) electrons. The predicted octanol–water partition coefficient (Wildman–Crippen LogP) is 5.03. The molecule has 2 amide bonds. The van der Waals surface area contributed by atoms with Gasteiger partial charge in [0.2, 0.25) is 11.9 Å². The highest BCUT2D eigenvalue weighted by atomic mass is 35.5. The average molecular weight is 433 g/mol. The van der Waals surface area contributed by atoms with Crippen LogP contribution in [0.4, 0.5) is 16.4 Å². The zero-order valence-electron chi connectivity index (χ0n) is 16.2. The van der Waals surface area contributed by atoms with Crippen molar-refractivity contribution in [3.63, 3.8) is 0 Å². The lowest BCUT2D eigenvalue weighted by Gasteiger charge is -2.31. The van der Waals surface area contributed by atoms with E-state index in [1.54, 1.807) is 23.1 Å². The maximum Gasteiger partial charge on any atom is 0.328 e. The van der Waals surface area contributed by atoms with Crippen LogP contribution in [0.2, 0.25) is 10.0 Å². The zero-order chi connectivity index (χ0) is 20.5. The van der Waals surface area contributed by atoms with Crippen LogP contribution in [0, 0.1) is 13.8 Å². The van der Waals surface area contributed by atoms with Crippen molar-refractivity contribution in [1.82, 2.24) is 14.9 Å². The van der Waals surface area contributed by atoms with Gasteiger partial charge in [0.1, 0.15) is 0 Å². The third kappa shape index (κ3) is 4.31. The minimum absolute atomic E-state index is 0.0138. The fraction of sp³-hybridized carbons (Fsp3) is 0.400. The number of anilines is 2. The number of urea groups is 1. The molecule has 0 spiro atoms. The van der Waals surface area contributed by atoms with Crippen molar-refractivity contribution in [3.8, 4) is 0 Å². The van der Waals surface area contributed by atoms with Crippen LogP contribution in [0.15, 0.2) is 29.3 Å². The molecule has 1 aromatic heterocycles. The molecule has 1 aliphatic heterocycles. The van der Waals surface area contributed by atoms with Gasteiger partial charge in [0.05, 0.1) is 22.1 Å². The maximum absolute atomic E-state index is 13.2. The number of amides is 2. The predicted molar refractivity (Wildman–Crippen MR) is 116 cm³/mol. The van der Waals surface area contributed by atoms with Gasteiger partial charge in [-0.3, -0.25) is 10.2 Å². The van der Waals surface area contributed by atoms with Crippen LogP contribution >= 0.6 is 23.2 Å². The number of rotatable bonds is 2. The summed E-state index contributed by atoms with van der Waals surface area (Å²) in [5, 5.41) is 6.89. The second-order valence-electron chi connectivity index (χ2n) is 7.40. The summed E-state index contributed by atoms with van der Waals surface area (Å²) in [7, 11) is 0. The summed E-state index contributed by atoms with van der Waals surface area (Å²) in [6.07, 6.45) is 4.04. The first-order valence-corrected chi connectivity index (χ1v) is 10.4. The fourth-order valence-electron chi connectivity index (χ4n) is 3.90. The highest BCUT2D eigenvalue weighted by Gasteiger charge is 2.41. The Balaban J connectivity index is 1.59. The van der Waals surface area contributed by atoms with Gasteiger partial charge in [-0.05, 0) is 51.0 Å². The Kier molecular flexibility index (Phi) is 5.61. The summed E-state index contributed by atoms with van der Waals surface area (Å²) in [6.45, 7) is 3.82. The van der Waals surface area contributed by atoms with Gasteiger partial charge in [-0.1, -0.05) is 36.0 Å². The summed E-state index contributed by atoms with van der Waals surface area (Å²) in [6, 6.07) is 6.73. The fourth-order valence-corrected chi connectivity index (χ4v) is 4.20. The normalized spacial score (nSPS) is 20.8. The molecule has 7 nitrogen and oxygen atoms in total. The standard InChI is InChI=1S/C20H22Cl2N6O/c1-11-9-12(2)24-18(23-11)27-19-26-16-5-3-4-6-17(16)28(19)20(29)25-13-7-8-14(21)15(22)10-13/h7-10,16-17H,3-6H2,1-2H3,(H,25,29)(H,23,24,26,27)/t16-,17+/m1/s1. The number of guanidine groups is 1. The molecule has 2 N–H and O–H groups in total. The van der Waals surface area contributed by atoms with Gasteiger partial charge in [-0.2, -0.15) is 0 Å². The number of nitrogens with one attached hydrogen (secondary N) is 2. The minimum Gasteiger partial charge on any atom is -0.307 e. The Morgan fingerprint density at radius 3 is 2.52 bits per heavy atom. The molecule has 1 aliphatic carbocycles. The van der Waals surface area contributed by atoms with Crippen LogP contribution < -0.4 is 10.6 Å². The average Bonchev–Trinajstić information content (AvgIpc) is 3.01. The summed E-state index contributed by atoms with van der Waals surface area (Å²) in [4.78, 5) is 28.5. The smallest absolute Gasteiger partial charge is 0.307 e. The molecule has 2 atom stereocenters. The van der Waals surface area contributed by atoms with Gasteiger partial charge in [-0.15, -0.1) is 0 Å². The topological polar surface area (TPSA) is 82.5 Å². The van der Waals surface area contributed by atoms with Crippen molar-refractivity contribution in [2.24, 2.45) is 4.99 Å². The van der Waals surface area contributed by atoms with E-state index in [1.807, 2.05) is 19.9 Å². The van der Waals surface area contributed by atoms with Crippen LogP contribution in [0.3, 0.4) is 0 Å². The number of benzene rings is 1. The maximum atomic E-state index is 13.2. The number of hydrogen-bond donors (Lipinski definition) is 2. The van der Waals surface area contributed by atoms with E-state index in [1.165, 1.54) is 0 Å². The molecule has 9 heteroatoms. The Hall–Kier alpha value is -2.38. The number of aryl methyl sites for hydroxylation is 2. The van der Waals surface area contributed by atoms with Crippen molar-refractivity contribution in [2.75, 3.05) is 10.6 Å². The van der Waals surface area contributed by atoms with Crippen molar-refractivity contribution in [3.05, 3.63) is 45.7 Å². The number of carbonyl (C=O) groups excluding carboxylic acids is 1. The number of halogens is 2. The molecule has 0 unspecified atom stereocenters. The first-order chi connectivity index (χ1) is 13.9. The van der Waals surface area contributed by atoms with Crippen LogP contribution in [-0.4, -0.2) is 38.9 Å². The zero-order valence-corrected chi connectivity index (χ0v) is 17.8. The Labute approximate surface area is 179 Å². The van der Waals surface area contributed by atoms with Gasteiger partial charge < -0.3 is 5.32 Å². The summed E-state index contributed by atoms with van der Waals surface area (Å²) >= 11 is 12.1. The third-order valence-electron chi connectivity index (χ3n) is 5.14. The molecule has 29 heavy (non-hydrogen) atoms. The molecule has 152 valence electrons. The van der Waals surface area contributed by atoms with E-state index in [2.05, 4.69) is 20.6 Å². The molecule has 0 saturated heterocycles. The highest BCUT2D eigenvalue weighted by Crippen LogP contribution is 2.32. The van der Waals surface area contributed by atoms with Crippen LogP contribution in [0.5, 0.6) is 0 Å². The lowest BCUT2D eigenvalue weighted by molar-refractivity contribution is 0.209. The minimum atomic E-state index is -0.270. The van der Waals surface area contributed by atoms with E-state index < -0.39 is 0 Å². The van der Waals surface area contributed by atoms with Crippen LogP contribution in [0.25, 0.3) is 0 Å². The molecule has 1 saturated carbocycles. The number of hydrogen-bond acceptors (Lipinski definition) is 5. The van der Waals surface area contributed by atoms with Crippen molar-refractivity contribution in [1.29, 1.82) is 0 Å². The first kappa shape index (κ1) is 19.9.